The van der Waals surface area contributed by atoms with Gasteiger partial charge in [-0.1, -0.05) is 45.0 Å². The smallest absolute Gasteiger partial charge is 0.404 e. The highest BCUT2D eigenvalue weighted by Gasteiger charge is 2.44. The molecule has 13 heteroatoms. The Morgan fingerprint density at radius 2 is 1.85 bits per heavy atom. The molecule has 4 amide bonds. The summed E-state index contributed by atoms with van der Waals surface area (Å²) in [6.45, 7) is 7.89. The Balaban J connectivity index is 1.58. The van der Waals surface area contributed by atoms with E-state index in [1.54, 1.807) is 16.8 Å². The first-order chi connectivity index (χ1) is 19.4. The second-order valence-electron chi connectivity index (χ2n) is 11.0. The summed E-state index contributed by atoms with van der Waals surface area (Å²) in [5, 5.41) is 26.7. The molecular weight excluding hydrogens is 550 g/mol. The summed E-state index contributed by atoms with van der Waals surface area (Å²) in [4.78, 5) is 56.6. The van der Waals surface area contributed by atoms with Crippen LogP contribution in [0.1, 0.15) is 44.9 Å². The monoisotopic (exact) mass is 589 g/mol. The average Bonchev–Trinajstić information content (AvgIpc) is 3.52. The van der Waals surface area contributed by atoms with Crippen molar-refractivity contribution in [3.63, 3.8) is 0 Å². The Labute approximate surface area is 243 Å². The fourth-order valence-electron chi connectivity index (χ4n) is 4.51. The molecule has 2 heterocycles. The number of thiazole rings is 1. The number of aryl methyl sites for hydroxylation is 1. The maximum absolute atomic E-state index is 13.6. The number of hydrogen-bond acceptors (Lipinski definition) is 8. The largest absolute Gasteiger partial charge is 0.465 e. The summed E-state index contributed by atoms with van der Waals surface area (Å²) < 4.78 is 5.27. The number of nitrogens with zero attached hydrogens (tertiary/aromatic N) is 2. The van der Waals surface area contributed by atoms with Crippen molar-refractivity contribution in [3.05, 3.63) is 41.0 Å². The van der Waals surface area contributed by atoms with Crippen LogP contribution >= 0.6 is 11.3 Å². The van der Waals surface area contributed by atoms with E-state index in [2.05, 4.69) is 20.9 Å². The summed E-state index contributed by atoms with van der Waals surface area (Å²) in [6, 6.07) is 6.00. The number of carboxylic acid groups (broad SMARTS) is 1. The number of hydrogen-bond donors (Lipinski definition) is 5. The lowest BCUT2D eigenvalue weighted by Gasteiger charge is -2.35. The van der Waals surface area contributed by atoms with Crippen LogP contribution in [0.15, 0.2) is 29.8 Å². The van der Waals surface area contributed by atoms with Gasteiger partial charge in [-0.15, -0.1) is 11.3 Å². The van der Waals surface area contributed by atoms with E-state index in [0.29, 0.717) is 0 Å². The Kier molecular flexibility index (Phi) is 11.2. The first-order valence-corrected chi connectivity index (χ1v) is 14.3. The van der Waals surface area contributed by atoms with Crippen LogP contribution in [0.5, 0.6) is 0 Å². The Morgan fingerprint density at radius 1 is 1.15 bits per heavy atom. The highest BCUT2D eigenvalue weighted by atomic mass is 32.1. The van der Waals surface area contributed by atoms with Crippen LogP contribution in [-0.2, 0) is 25.7 Å². The lowest BCUT2D eigenvalue weighted by molar-refractivity contribution is -0.144. The van der Waals surface area contributed by atoms with Gasteiger partial charge in [-0.05, 0) is 23.5 Å². The van der Waals surface area contributed by atoms with E-state index in [1.807, 2.05) is 52.0 Å². The standard InChI is InChI=1S/C28H39N5O7S/c1-17-23(41-16-31-17)19-7-5-18(6-8-19)14-30-25(36)21-13-20(34)15-33(21)26(37)24(28(2,3)4)32-22(35)9-11-40-12-10-29-27(38)39/h5-8,16,20-21,24,29,34H,9-15H2,1-4H3,(H,30,36)(H,32,35)(H,38,39)/t20-,21+,24?/m1/s1. The topological polar surface area (TPSA) is 170 Å². The highest BCUT2D eigenvalue weighted by molar-refractivity contribution is 7.13. The molecule has 224 valence electrons. The zero-order valence-corrected chi connectivity index (χ0v) is 24.6. The van der Waals surface area contributed by atoms with Crippen LogP contribution in [0, 0.1) is 12.3 Å². The maximum atomic E-state index is 13.6. The predicted molar refractivity (Wildman–Crippen MR) is 153 cm³/mol. The first kappa shape index (κ1) is 32.0. The van der Waals surface area contributed by atoms with Gasteiger partial charge in [0.2, 0.25) is 17.7 Å². The van der Waals surface area contributed by atoms with Gasteiger partial charge in [0.1, 0.15) is 12.1 Å². The number of β-amino-alcohol motifs (C(OH)–C–C–N with tert-alkyl or cyclic N) is 1. The van der Waals surface area contributed by atoms with Crippen molar-refractivity contribution >= 4 is 35.2 Å². The molecule has 0 radical (unpaired) electrons. The highest BCUT2D eigenvalue weighted by Crippen LogP contribution is 2.28. The molecule has 1 aliphatic heterocycles. The fraction of sp³-hybridized carbons (Fsp3) is 0.536. The van der Waals surface area contributed by atoms with Crippen LogP contribution < -0.4 is 16.0 Å². The van der Waals surface area contributed by atoms with Gasteiger partial charge in [-0.2, -0.15) is 0 Å². The minimum absolute atomic E-state index is 0.0119. The van der Waals surface area contributed by atoms with Crippen molar-refractivity contribution in [2.45, 2.75) is 65.3 Å². The molecule has 1 unspecified atom stereocenters. The quantitative estimate of drug-likeness (QED) is 0.234. The van der Waals surface area contributed by atoms with E-state index >= 15 is 0 Å². The number of aliphatic hydroxyl groups is 1. The lowest BCUT2D eigenvalue weighted by Crippen LogP contribution is -2.57. The van der Waals surface area contributed by atoms with Gasteiger partial charge in [0.05, 0.1) is 35.4 Å². The number of rotatable bonds is 12. The zero-order chi connectivity index (χ0) is 30.2. The van der Waals surface area contributed by atoms with Gasteiger partial charge in [0, 0.05) is 32.5 Å². The minimum atomic E-state index is -1.16. The second-order valence-corrected chi connectivity index (χ2v) is 11.9. The molecular formula is C28H39N5O7S. The summed E-state index contributed by atoms with van der Waals surface area (Å²) in [7, 11) is 0. The van der Waals surface area contributed by atoms with Crippen molar-refractivity contribution < 1.29 is 34.1 Å². The van der Waals surface area contributed by atoms with Crippen LogP contribution in [0.3, 0.4) is 0 Å². The SMILES string of the molecule is Cc1ncsc1-c1ccc(CNC(=O)[C@@H]2C[C@@H](O)CN2C(=O)C(NC(=O)CCOCCNC(=O)O)C(C)(C)C)cc1. The molecule has 1 fully saturated rings. The molecule has 1 aromatic carbocycles. The molecule has 3 atom stereocenters. The van der Waals surface area contributed by atoms with Crippen molar-refractivity contribution in [1.29, 1.82) is 0 Å². The zero-order valence-electron chi connectivity index (χ0n) is 23.8. The van der Waals surface area contributed by atoms with Gasteiger partial charge >= 0.3 is 6.09 Å². The first-order valence-electron chi connectivity index (χ1n) is 13.5. The van der Waals surface area contributed by atoms with Crippen LogP contribution in [0.25, 0.3) is 10.4 Å². The van der Waals surface area contributed by atoms with Gasteiger partial charge < -0.3 is 35.8 Å². The number of carbonyl (C=O) groups excluding carboxylic acids is 3. The van der Waals surface area contributed by atoms with Crippen LogP contribution in [-0.4, -0.2) is 88.4 Å². The second kappa shape index (κ2) is 14.4. The Morgan fingerprint density at radius 3 is 2.46 bits per heavy atom. The molecule has 41 heavy (non-hydrogen) atoms. The van der Waals surface area contributed by atoms with Gasteiger partial charge in [-0.3, -0.25) is 14.4 Å². The van der Waals surface area contributed by atoms with E-state index in [1.165, 1.54) is 4.90 Å². The van der Waals surface area contributed by atoms with Crippen molar-refractivity contribution in [2.75, 3.05) is 26.3 Å². The molecule has 12 nitrogen and oxygen atoms in total. The number of amides is 4. The third-order valence-corrected chi connectivity index (χ3v) is 7.69. The fourth-order valence-corrected chi connectivity index (χ4v) is 5.32. The van der Waals surface area contributed by atoms with E-state index < -0.39 is 41.5 Å². The number of aliphatic hydroxyl groups excluding tert-OH is 1. The molecule has 1 saturated heterocycles. The van der Waals surface area contributed by atoms with E-state index in [-0.39, 0.29) is 51.6 Å². The number of nitrogens with one attached hydrogen (secondary N) is 3. The van der Waals surface area contributed by atoms with E-state index in [4.69, 9.17) is 9.84 Å². The maximum Gasteiger partial charge on any atom is 0.404 e. The average molecular weight is 590 g/mol. The third-order valence-electron chi connectivity index (χ3n) is 6.71. The van der Waals surface area contributed by atoms with Crippen molar-refractivity contribution in [1.82, 2.24) is 25.8 Å². The Hall–Kier alpha value is -3.55. The van der Waals surface area contributed by atoms with Gasteiger partial charge in [-0.25, -0.2) is 9.78 Å². The van der Waals surface area contributed by atoms with Crippen molar-refractivity contribution in [2.24, 2.45) is 5.41 Å². The molecule has 0 bridgehead atoms. The normalized spacial score (nSPS) is 17.6. The van der Waals surface area contributed by atoms with E-state index in [0.717, 1.165) is 21.7 Å². The number of likely N-dealkylation sites (tertiary alicyclic amines) is 1. The molecule has 2 aromatic rings. The summed E-state index contributed by atoms with van der Waals surface area (Å²) in [5.41, 5.74) is 4.03. The van der Waals surface area contributed by atoms with Crippen LogP contribution in [0.4, 0.5) is 4.79 Å². The predicted octanol–water partition coefficient (Wildman–Crippen LogP) is 1.90. The molecule has 1 aliphatic rings. The number of benzene rings is 1. The van der Waals surface area contributed by atoms with E-state index in [9.17, 15) is 24.3 Å². The van der Waals surface area contributed by atoms with Crippen LogP contribution in [0.2, 0.25) is 0 Å². The molecule has 0 spiro atoms. The van der Waals surface area contributed by atoms with Crippen molar-refractivity contribution in [3.8, 4) is 10.4 Å². The molecule has 3 rings (SSSR count). The van der Waals surface area contributed by atoms with Gasteiger partial charge in [0.25, 0.3) is 0 Å². The number of aromatic nitrogens is 1. The molecule has 0 saturated carbocycles. The number of ether oxygens (including phenoxy) is 1. The minimum Gasteiger partial charge on any atom is -0.465 e. The van der Waals surface area contributed by atoms with Gasteiger partial charge in [0.15, 0.2) is 0 Å². The summed E-state index contributed by atoms with van der Waals surface area (Å²) in [6.07, 6.45) is -1.94. The summed E-state index contributed by atoms with van der Waals surface area (Å²) in [5.74, 6) is -1.24. The number of carbonyl (C=O) groups is 4. The summed E-state index contributed by atoms with van der Waals surface area (Å²) >= 11 is 1.57. The third kappa shape index (κ3) is 9.23. The lowest BCUT2D eigenvalue weighted by atomic mass is 9.85. The molecule has 5 N–H and O–H groups in total. The molecule has 1 aromatic heterocycles. The molecule has 0 aliphatic carbocycles. The Bertz CT molecular complexity index is 1210.